The van der Waals surface area contributed by atoms with Gasteiger partial charge in [0.1, 0.15) is 11.2 Å². The van der Waals surface area contributed by atoms with Crippen molar-refractivity contribution in [1.82, 2.24) is 25.0 Å². The molecular formula is C17H18N6O3S. The van der Waals surface area contributed by atoms with Crippen LogP contribution < -0.4 is 10.6 Å². The summed E-state index contributed by atoms with van der Waals surface area (Å²) in [6.07, 6.45) is 1.13. The maximum absolute atomic E-state index is 12.6. The smallest absolute Gasteiger partial charge is 0.320 e. The standard InChI is InChI=1S/C17H18N6O3S/c1-11-18-15(26-22-11)17(6-8-25-9-7-17)20-16(24)19-13-4-2-12(3-5-13)14-10-27-23-21-14/h2-5,10H,6-9H2,1H3,(H2,19,20,24). The van der Waals surface area contributed by atoms with Crippen LogP contribution >= 0.6 is 11.5 Å². The summed E-state index contributed by atoms with van der Waals surface area (Å²) < 4.78 is 14.6. The predicted octanol–water partition coefficient (Wildman–Crippen LogP) is 2.72. The summed E-state index contributed by atoms with van der Waals surface area (Å²) in [6.45, 7) is 2.77. The third kappa shape index (κ3) is 3.81. The number of nitrogens with zero attached hydrogens (tertiary/aromatic N) is 4. The lowest BCUT2D eigenvalue weighted by Crippen LogP contribution is -2.51. The normalized spacial score (nSPS) is 16.0. The van der Waals surface area contributed by atoms with Gasteiger partial charge >= 0.3 is 6.03 Å². The number of amides is 2. The molecule has 0 atom stereocenters. The van der Waals surface area contributed by atoms with E-state index in [1.165, 1.54) is 11.5 Å². The monoisotopic (exact) mass is 386 g/mol. The van der Waals surface area contributed by atoms with Gasteiger partial charge in [-0.25, -0.2) is 4.79 Å². The second kappa shape index (κ2) is 7.41. The molecule has 0 saturated carbocycles. The Morgan fingerprint density at radius 1 is 1.22 bits per heavy atom. The summed E-state index contributed by atoms with van der Waals surface area (Å²) in [5, 5.41) is 15.6. The fourth-order valence-electron chi connectivity index (χ4n) is 3.00. The fourth-order valence-corrected chi connectivity index (χ4v) is 3.46. The van der Waals surface area contributed by atoms with Crippen LogP contribution in [-0.4, -0.2) is 39.0 Å². The van der Waals surface area contributed by atoms with Gasteiger partial charge in [-0.15, -0.1) is 5.10 Å². The van der Waals surface area contributed by atoms with Crippen molar-refractivity contribution in [2.45, 2.75) is 25.3 Å². The van der Waals surface area contributed by atoms with Gasteiger partial charge in [0.15, 0.2) is 5.82 Å². The molecule has 0 unspecified atom stereocenters. The van der Waals surface area contributed by atoms with E-state index in [1.807, 2.05) is 29.6 Å². The van der Waals surface area contributed by atoms with E-state index >= 15 is 0 Å². The van der Waals surface area contributed by atoms with Crippen molar-refractivity contribution < 1.29 is 14.1 Å². The third-order valence-electron chi connectivity index (χ3n) is 4.43. The minimum absolute atomic E-state index is 0.337. The number of ether oxygens (including phenoxy) is 1. The molecule has 2 amide bonds. The Bertz CT molecular complexity index is 903. The lowest BCUT2D eigenvalue weighted by molar-refractivity contribution is 0.0285. The number of anilines is 1. The zero-order chi connectivity index (χ0) is 18.7. The summed E-state index contributed by atoms with van der Waals surface area (Å²) in [7, 11) is 0. The lowest BCUT2D eigenvalue weighted by Gasteiger charge is -2.34. The molecule has 140 valence electrons. The average molecular weight is 386 g/mol. The number of nitrogens with one attached hydrogen (secondary N) is 2. The Hall–Kier alpha value is -2.85. The Morgan fingerprint density at radius 3 is 2.63 bits per heavy atom. The number of benzene rings is 1. The van der Waals surface area contributed by atoms with Crippen LogP contribution in [0.3, 0.4) is 0 Å². The van der Waals surface area contributed by atoms with E-state index in [4.69, 9.17) is 9.26 Å². The van der Waals surface area contributed by atoms with Crippen molar-refractivity contribution in [3.05, 3.63) is 41.4 Å². The Labute approximate surface area is 159 Å². The van der Waals surface area contributed by atoms with Crippen molar-refractivity contribution in [3.63, 3.8) is 0 Å². The van der Waals surface area contributed by atoms with Crippen LogP contribution in [0.4, 0.5) is 10.5 Å². The molecular weight excluding hydrogens is 368 g/mol. The molecule has 2 aromatic heterocycles. The van der Waals surface area contributed by atoms with E-state index < -0.39 is 5.54 Å². The first-order chi connectivity index (χ1) is 13.1. The van der Waals surface area contributed by atoms with Gasteiger partial charge in [-0.1, -0.05) is 21.8 Å². The van der Waals surface area contributed by atoms with Gasteiger partial charge in [-0.2, -0.15) is 4.98 Å². The molecule has 1 saturated heterocycles. The molecule has 3 aromatic rings. The van der Waals surface area contributed by atoms with Gasteiger partial charge in [-0.05, 0) is 30.6 Å². The molecule has 0 radical (unpaired) electrons. The maximum Gasteiger partial charge on any atom is 0.320 e. The van der Waals surface area contributed by atoms with Crippen molar-refractivity contribution in [1.29, 1.82) is 0 Å². The molecule has 1 aliphatic heterocycles. The highest BCUT2D eigenvalue weighted by molar-refractivity contribution is 7.03. The van der Waals surface area contributed by atoms with E-state index in [-0.39, 0.29) is 6.03 Å². The van der Waals surface area contributed by atoms with E-state index in [9.17, 15) is 4.79 Å². The molecule has 1 fully saturated rings. The van der Waals surface area contributed by atoms with Gasteiger partial charge < -0.3 is 19.9 Å². The number of carbonyl (C=O) groups excluding carboxylic acids is 1. The summed E-state index contributed by atoms with van der Waals surface area (Å²) >= 11 is 1.30. The first-order valence-electron chi connectivity index (χ1n) is 8.50. The van der Waals surface area contributed by atoms with E-state index in [0.717, 1.165) is 11.3 Å². The zero-order valence-electron chi connectivity index (χ0n) is 14.6. The highest BCUT2D eigenvalue weighted by Gasteiger charge is 2.41. The highest BCUT2D eigenvalue weighted by Crippen LogP contribution is 2.31. The van der Waals surface area contributed by atoms with Crippen LogP contribution in [0.15, 0.2) is 34.2 Å². The Kier molecular flexibility index (Phi) is 4.82. The molecule has 4 rings (SSSR count). The zero-order valence-corrected chi connectivity index (χ0v) is 15.5. The van der Waals surface area contributed by atoms with Crippen LogP contribution in [0.5, 0.6) is 0 Å². The van der Waals surface area contributed by atoms with Gasteiger partial charge in [0.25, 0.3) is 5.89 Å². The minimum atomic E-state index is -0.726. The van der Waals surface area contributed by atoms with Crippen molar-refractivity contribution >= 4 is 23.3 Å². The van der Waals surface area contributed by atoms with Crippen molar-refractivity contribution in [2.75, 3.05) is 18.5 Å². The van der Waals surface area contributed by atoms with Gasteiger partial charge in [0.2, 0.25) is 0 Å². The average Bonchev–Trinajstić information content (AvgIpc) is 3.35. The number of carbonyl (C=O) groups is 1. The first kappa shape index (κ1) is 17.6. The molecule has 3 heterocycles. The molecule has 10 heteroatoms. The molecule has 9 nitrogen and oxygen atoms in total. The number of hydrogen-bond donors (Lipinski definition) is 2. The SMILES string of the molecule is Cc1noc(C2(NC(=O)Nc3ccc(-c4csnn4)cc3)CCOCC2)n1. The molecule has 2 N–H and O–H groups in total. The predicted molar refractivity (Wildman–Crippen MR) is 98.3 cm³/mol. The summed E-state index contributed by atoms with van der Waals surface area (Å²) in [5.41, 5.74) is 1.69. The molecule has 27 heavy (non-hydrogen) atoms. The van der Waals surface area contributed by atoms with E-state index in [1.54, 1.807) is 6.92 Å². The molecule has 0 spiro atoms. The second-order valence-corrected chi connectivity index (χ2v) is 6.90. The molecule has 0 bridgehead atoms. The summed E-state index contributed by atoms with van der Waals surface area (Å²) in [4.78, 5) is 16.9. The number of aryl methyl sites for hydroxylation is 1. The summed E-state index contributed by atoms with van der Waals surface area (Å²) in [6, 6.07) is 7.08. The fraction of sp³-hybridized carbons (Fsp3) is 0.353. The van der Waals surface area contributed by atoms with E-state index in [2.05, 4.69) is 30.4 Å². The van der Waals surface area contributed by atoms with Gasteiger partial charge in [-0.3, -0.25) is 0 Å². The number of hydrogen-bond acceptors (Lipinski definition) is 8. The van der Waals surface area contributed by atoms with Crippen LogP contribution in [-0.2, 0) is 10.3 Å². The number of aromatic nitrogens is 4. The molecule has 1 aromatic carbocycles. The largest absolute Gasteiger partial charge is 0.381 e. The quantitative estimate of drug-likeness (QED) is 0.708. The Balaban J connectivity index is 1.47. The molecule has 1 aliphatic rings. The first-order valence-corrected chi connectivity index (χ1v) is 9.33. The van der Waals surface area contributed by atoms with E-state index in [0.29, 0.717) is 43.5 Å². The second-order valence-electron chi connectivity index (χ2n) is 6.29. The van der Waals surface area contributed by atoms with Gasteiger partial charge in [0.05, 0.1) is 0 Å². The van der Waals surface area contributed by atoms with Crippen LogP contribution in [0.1, 0.15) is 24.6 Å². The van der Waals surface area contributed by atoms with Crippen LogP contribution in [0.2, 0.25) is 0 Å². The topological polar surface area (TPSA) is 115 Å². The number of urea groups is 1. The number of rotatable bonds is 4. The van der Waals surface area contributed by atoms with Crippen molar-refractivity contribution in [3.8, 4) is 11.3 Å². The third-order valence-corrected chi connectivity index (χ3v) is 4.94. The lowest BCUT2D eigenvalue weighted by atomic mass is 9.90. The van der Waals surface area contributed by atoms with Crippen LogP contribution in [0, 0.1) is 6.92 Å². The van der Waals surface area contributed by atoms with Crippen molar-refractivity contribution in [2.24, 2.45) is 0 Å². The molecule has 0 aliphatic carbocycles. The maximum atomic E-state index is 12.6. The highest BCUT2D eigenvalue weighted by atomic mass is 32.1. The Morgan fingerprint density at radius 2 is 2.00 bits per heavy atom. The summed E-state index contributed by atoms with van der Waals surface area (Å²) in [5.74, 6) is 0.940. The van der Waals surface area contributed by atoms with Gasteiger partial charge in [0, 0.05) is 42.7 Å². The minimum Gasteiger partial charge on any atom is -0.381 e. The van der Waals surface area contributed by atoms with Crippen LogP contribution in [0.25, 0.3) is 11.3 Å².